The lowest BCUT2D eigenvalue weighted by Crippen LogP contribution is -2.37. The Labute approximate surface area is 71.9 Å². The summed E-state index contributed by atoms with van der Waals surface area (Å²) in [6.45, 7) is 3.13. The van der Waals surface area contributed by atoms with E-state index < -0.39 is 0 Å². The van der Waals surface area contributed by atoms with Crippen LogP contribution in [-0.2, 0) is 9.57 Å². The minimum absolute atomic E-state index is 0.206. The summed E-state index contributed by atoms with van der Waals surface area (Å²) in [6, 6.07) is 0.355. The van der Waals surface area contributed by atoms with Crippen molar-refractivity contribution in [2.24, 2.45) is 0 Å². The molecule has 0 aromatic rings. The van der Waals surface area contributed by atoms with Gasteiger partial charge in [0.1, 0.15) is 0 Å². The summed E-state index contributed by atoms with van der Waals surface area (Å²) in [6.07, 6.45) is 0.794. The molecule has 0 saturated heterocycles. The Kier molecular flexibility index (Phi) is 2.04. The third-order valence-electron chi connectivity index (χ3n) is 2.40. The maximum atomic E-state index is 5.23. The predicted molar refractivity (Wildman–Crippen MR) is 44.1 cm³/mol. The van der Waals surface area contributed by atoms with Crippen LogP contribution >= 0.6 is 0 Å². The lowest BCUT2D eigenvalue weighted by Gasteiger charge is -2.23. The number of rotatable bonds is 1. The molecule has 0 aromatic carbocycles. The maximum absolute atomic E-state index is 5.23. The second-order valence-corrected chi connectivity index (χ2v) is 3.15. The summed E-state index contributed by atoms with van der Waals surface area (Å²) >= 11 is 0. The highest BCUT2D eigenvalue weighted by molar-refractivity contribution is 5.25. The van der Waals surface area contributed by atoms with Crippen molar-refractivity contribution < 1.29 is 9.57 Å². The van der Waals surface area contributed by atoms with Crippen molar-refractivity contribution in [1.29, 1.82) is 0 Å². The van der Waals surface area contributed by atoms with Crippen LogP contribution < -0.4 is 10.8 Å². The highest BCUT2D eigenvalue weighted by Gasteiger charge is 2.32. The average molecular weight is 170 g/mol. The SMILES string of the molecule is COC1ONC2=C1C(C)NCC2. The Hall–Kier alpha value is -0.580. The van der Waals surface area contributed by atoms with Gasteiger partial charge in [0.2, 0.25) is 6.29 Å². The van der Waals surface area contributed by atoms with E-state index in [1.807, 2.05) is 0 Å². The Morgan fingerprint density at radius 1 is 1.58 bits per heavy atom. The summed E-state index contributed by atoms with van der Waals surface area (Å²) in [7, 11) is 1.66. The average Bonchev–Trinajstić information content (AvgIpc) is 2.49. The molecule has 2 rings (SSSR count). The van der Waals surface area contributed by atoms with Gasteiger partial charge in [-0.1, -0.05) is 0 Å². The van der Waals surface area contributed by atoms with Gasteiger partial charge in [-0.25, -0.2) is 4.84 Å². The fraction of sp³-hybridized carbons (Fsp3) is 0.750. The largest absolute Gasteiger partial charge is 0.350 e. The molecule has 4 nitrogen and oxygen atoms in total. The van der Waals surface area contributed by atoms with Crippen LogP contribution in [0.3, 0.4) is 0 Å². The predicted octanol–water partition coefficient (Wildman–Crippen LogP) is 0.130. The molecule has 0 fully saturated rings. The van der Waals surface area contributed by atoms with Gasteiger partial charge in [-0.3, -0.25) is 5.48 Å². The molecule has 2 unspecified atom stereocenters. The summed E-state index contributed by atoms with van der Waals surface area (Å²) in [5.74, 6) is 0. The first-order valence-corrected chi connectivity index (χ1v) is 4.23. The topological polar surface area (TPSA) is 42.5 Å². The van der Waals surface area contributed by atoms with Crippen LogP contribution in [0.5, 0.6) is 0 Å². The van der Waals surface area contributed by atoms with Gasteiger partial charge in [0, 0.05) is 37.4 Å². The van der Waals surface area contributed by atoms with Crippen molar-refractivity contribution in [3.05, 3.63) is 11.3 Å². The molecule has 2 aliphatic rings. The monoisotopic (exact) mass is 170 g/mol. The minimum Gasteiger partial charge on any atom is -0.350 e. The third-order valence-corrected chi connectivity index (χ3v) is 2.40. The van der Waals surface area contributed by atoms with Gasteiger partial charge in [0.05, 0.1) is 0 Å². The quantitative estimate of drug-likeness (QED) is 0.587. The number of nitrogens with one attached hydrogen (secondary N) is 2. The van der Waals surface area contributed by atoms with Crippen molar-refractivity contribution >= 4 is 0 Å². The standard InChI is InChI=1S/C8H14N2O2/c1-5-7-6(3-4-9-5)10-12-8(7)11-2/h5,8-10H,3-4H2,1-2H3. The molecule has 4 heteroatoms. The van der Waals surface area contributed by atoms with Gasteiger partial charge in [0.15, 0.2) is 0 Å². The first-order chi connectivity index (χ1) is 5.83. The molecule has 12 heavy (non-hydrogen) atoms. The summed E-state index contributed by atoms with van der Waals surface area (Å²) < 4.78 is 5.17. The maximum Gasteiger partial charge on any atom is 0.208 e. The van der Waals surface area contributed by atoms with Gasteiger partial charge >= 0.3 is 0 Å². The normalized spacial score (nSPS) is 34.8. The van der Waals surface area contributed by atoms with E-state index in [0.717, 1.165) is 13.0 Å². The first kappa shape index (κ1) is 8.04. The van der Waals surface area contributed by atoms with Gasteiger partial charge < -0.3 is 10.1 Å². The van der Waals surface area contributed by atoms with Crippen LogP contribution in [0.25, 0.3) is 0 Å². The lowest BCUT2D eigenvalue weighted by atomic mass is 10.0. The van der Waals surface area contributed by atoms with Crippen LogP contribution in [-0.4, -0.2) is 26.0 Å². The molecular formula is C8H14N2O2. The van der Waals surface area contributed by atoms with Gasteiger partial charge in [0.25, 0.3) is 0 Å². The molecule has 2 heterocycles. The smallest absolute Gasteiger partial charge is 0.208 e. The Balaban J connectivity index is 2.22. The van der Waals surface area contributed by atoms with Crippen LogP contribution in [0.1, 0.15) is 13.3 Å². The molecule has 2 atom stereocenters. The van der Waals surface area contributed by atoms with E-state index in [1.165, 1.54) is 11.3 Å². The van der Waals surface area contributed by atoms with E-state index in [0.29, 0.717) is 6.04 Å². The van der Waals surface area contributed by atoms with Crippen molar-refractivity contribution in [1.82, 2.24) is 10.8 Å². The van der Waals surface area contributed by atoms with Crippen molar-refractivity contribution in [3.63, 3.8) is 0 Å². The minimum atomic E-state index is -0.206. The van der Waals surface area contributed by atoms with E-state index in [9.17, 15) is 0 Å². The molecule has 2 aliphatic heterocycles. The molecule has 0 spiro atoms. The Morgan fingerprint density at radius 3 is 3.17 bits per heavy atom. The molecule has 0 aromatic heterocycles. The number of hydroxylamine groups is 1. The molecule has 0 amide bonds. The second kappa shape index (κ2) is 3.05. The molecule has 0 saturated carbocycles. The lowest BCUT2D eigenvalue weighted by molar-refractivity contribution is -0.116. The van der Waals surface area contributed by atoms with E-state index >= 15 is 0 Å². The highest BCUT2D eigenvalue weighted by Crippen LogP contribution is 2.25. The van der Waals surface area contributed by atoms with Gasteiger partial charge in [-0.2, -0.15) is 0 Å². The summed E-state index contributed by atoms with van der Waals surface area (Å²) in [4.78, 5) is 5.23. The first-order valence-electron chi connectivity index (χ1n) is 4.23. The number of ether oxygens (including phenoxy) is 1. The Morgan fingerprint density at radius 2 is 2.42 bits per heavy atom. The third kappa shape index (κ3) is 1.12. The van der Waals surface area contributed by atoms with Crippen LogP contribution in [0.4, 0.5) is 0 Å². The number of methoxy groups -OCH3 is 1. The zero-order chi connectivity index (χ0) is 8.55. The zero-order valence-corrected chi connectivity index (χ0v) is 7.39. The highest BCUT2D eigenvalue weighted by atomic mass is 16.8. The van der Waals surface area contributed by atoms with E-state index in [4.69, 9.17) is 9.57 Å². The fourth-order valence-electron chi connectivity index (χ4n) is 1.75. The van der Waals surface area contributed by atoms with Crippen LogP contribution in [0, 0.1) is 0 Å². The van der Waals surface area contributed by atoms with Crippen molar-refractivity contribution in [3.8, 4) is 0 Å². The molecule has 68 valence electrons. The Bertz CT molecular complexity index is 215. The molecular weight excluding hydrogens is 156 g/mol. The van der Waals surface area contributed by atoms with Crippen LogP contribution in [0.15, 0.2) is 11.3 Å². The molecule has 0 bridgehead atoms. The van der Waals surface area contributed by atoms with E-state index in [2.05, 4.69) is 17.7 Å². The number of hydrogen-bond acceptors (Lipinski definition) is 4. The molecule has 2 N–H and O–H groups in total. The van der Waals surface area contributed by atoms with Gasteiger partial charge in [-0.15, -0.1) is 0 Å². The fourth-order valence-corrected chi connectivity index (χ4v) is 1.75. The molecule has 0 radical (unpaired) electrons. The second-order valence-electron chi connectivity index (χ2n) is 3.15. The summed E-state index contributed by atoms with van der Waals surface area (Å²) in [5, 5.41) is 3.36. The van der Waals surface area contributed by atoms with E-state index in [1.54, 1.807) is 7.11 Å². The van der Waals surface area contributed by atoms with Gasteiger partial charge in [-0.05, 0) is 6.92 Å². The van der Waals surface area contributed by atoms with E-state index in [-0.39, 0.29) is 6.29 Å². The summed E-state index contributed by atoms with van der Waals surface area (Å²) in [5.41, 5.74) is 5.30. The van der Waals surface area contributed by atoms with Crippen molar-refractivity contribution in [2.45, 2.75) is 25.7 Å². The molecule has 0 aliphatic carbocycles. The van der Waals surface area contributed by atoms with Crippen molar-refractivity contribution in [2.75, 3.05) is 13.7 Å². The number of hydrogen-bond donors (Lipinski definition) is 2. The van der Waals surface area contributed by atoms with Crippen LogP contribution in [0.2, 0.25) is 0 Å². The zero-order valence-electron chi connectivity index (χ0n) is 7.39.